The van der Waals surface area contributed by atoms with Gasteiger partial charge < -0.3 is 4.74 Å². The minimum Gasteiger partial charge on any atom is -0.339 e. The SMILES string of the molecule is CN1CCCNC12CO2. The molecule has 1 spiro atoms. The number of ether oxygens (including phenoxy) is 1. The molecule has 0 aromatic heterocycles. The van der Waals surface area contributed by atoms with Gasteiger partial charge in [0.1, 0.15) is 6.61 Å². The Balaban J connectivity index is 2.03. The summed E-state index contributed by atoms with van der Waals surface area (Å²) in [5, 5.41) is 3.32. The first-order chi connectivity index (χ1) is 4.33. The molecule has 2 heterocycles. The lowest BCUT2D eigenvalue weighted by molar-refractivity contribution is 0.0463. The zero-order chi connectivity index (χ0) is 6.32. The molecule has 9 heavy (non-hydrogen) atoms. The lowest BCUT2D eigenvalue weighted by Crippen LogP contribution is -2.52. The van der Waals surface area contributed by atoms with Crippen LogP contribution in [0.25, 0.3) is 0 Å². The van der Waals surface area contributed by atoms with E-state index < -0.39 is 0 Å². The molecule has 1 unspecified atom stereocenters. The molecule has 1 atom stereocenters. The highest BCUT2D eigenvalue weighted by molar-refractivity contribution is 4.90. The molecule has 3 heteroatoms. The van der Waals surface area contributed by atoms with Gasteiger partial charge in [-0.2, -0.15) is 0 Å². The standard InChI is InChI=1S/C6H12N2O/c1-8-4-2-3-7-6(8)5-9-6/h7H,2-5H2,1H3. The van der Waals surface area contributed by atoms with Crippen LogP contribution in [0.1, 0.15) is 6.42 Å². The van der Waals surface area contributed by atoms with Crippen molar-refractivity contribution in [1.82, 2.24) is 10.2 Å². The zero-order valence-electron chi connectivity index (χ0n) is 5.68. The maximum absolute atomic E-state index is 5.26. The average Bonchev–Trinajstić information content (AvgIpc) is 2.60. The summed E-state index contributed by atoms with van der Waals surface area (Å²) >= 11 is 0. The van der Waals surface area contributed by atoms with Gasteiger partial charge in [-0.3, -0.25) is 10.2 Å². The Labute approximate surface area is 55.0 Å². The number of epoxide rings is 1. The van der Waals surface area contributed by atoms with E-state index in [4.69, 9.17) is 4.74 Å². The van der Waals surface area contributed by atoms with Gasteiger partial charge in [0.15, 0.2) is 0 Å². The number of nitrogens with one attached hydrogen (secondary N) is 1. The van der Waals surface area contributed by atoms with Crippen LogP contribution in [0.4, 0.5) is 0 Å². The van der Waals surface area contributed by atoms with E-state index >= 15 is 0 Å². The van der Waals surface area contributed by atoms with E-state index in [0.29, 0.717) is 0 Å². The second-order valence-electron chi connectivity index (χ2n) is 2.77. The van der Waals surface area contributed by atoms with Gasteiger partial charge in [-0.05, 0) is 13.5 Å². The van der Waals surface area contributed by atoms with E-state index in [-0.39, 0.29) is 5.85 Å². The van der Waals surface area contributed by atoms with Crippen LogP contribution >= 0.6 is 0 Å². The minimum absolute atomic E-state index is 0.0295. The van der Waals surface area contributed by atoms with Gasteiger partial charge in [-0.1, -0.05) is 0 Å². The summed E-state index contributed by atoms with van der Waals surface area (Å²) in [4.78, 5) is 2.23. The van der Waals surface area contributed by atoms with E-state index in [0.717, 1.165) is 19.7 Å². The van der Waals surface area contributed by atoms with Gasteiger partial charge in [0.2, 0.25) is 5.85 Å². The second kappa shape index (κ2) is 1.68. The van der Waals surface area contributed by atoms with Crippen LogP contribution in [0.5, 0.6) is 0 Å². The Hall–Kier alpha value is -0.120. The summed E-state index contributed by atoms with van der Waals surface area (Å²) in [5.41, 5.74) is 0. The fourth-order valence-electron chi connectivity index (χ4n) is 1.31. The smallest absolute Gasteiger partial charge is 0.201 e. The highest BCUT2D eigenvalue weighted by atomic mass is 16.6. The van der Waals surface area contributed by atoms with Crippen molar-refractivity contribution < 1.29 is 4.74 Å². The third-order valence-electron chi connectivity index (χ3n) is 2.11. The molecule has 0 bridgehead atoms. The topological polar surface area (TPSA) is 27.8 Å². The van der Waals surface area contributed by atoms with Crippen molar-refractivity contribution in [2.24, 2.45) is 0 Å². The van der Waals surface area contributed by atoms with E-state index in [1.165, 1.54) is 6.42 Å². The molecule has 0 aliphatic carbocycles. The molecule has 1 N–H and O–H groups in total. The average molecular weight is 128 g/mol. The number of rotatable bonds is 0. The lowest BCUT2D eigenvalue weighted by atomic mass is 10.3. The molecule has 0 amide bonds. The van der Waals surface area contributed by atoms with E-state index in [1.807, 2.05) is 0 Å². The van der Waals surface area contributed by atoms with Crippen LogP contribution in [-0.2, 0) is 4.74 Å². The monoisotopic (exact) mass is 128 g/mol. The molecule has 52 valence electrons. The number of hydrogen-bond donors (Lipinski definition) is 1. The Kier molecular flexibility index (Phi) is 1.06. The number of likely N-dealkylation sites (N-methyl/N-ethyl adjacent to an activating group) is 1. The van der Waals surface area contributed by atoms with Crippen LogP contribution in [-0.4, -0.2) is 37.5 Å². The van der Waals surface area contributed by atoms with E-state index in [1.54, 1.807) is 0 Å². The molecular formula is C6H12N2O. The summed E-state index contributed by atoms with van der Waals surface area (Å²) in [6, 6.07) is 0. The molecule has 0 saturated carbocycles. The van der Waals surface area contributed by atoms with E-state index in [2.05, 4.69) is 17.3 Å². The predicted octanol–water partition coefficient (Wildman–Crippen LogP) is -0.405. The first-order valence-electron chi connectivity index (χ1n) is 3.44. The van der Waals surface area contributed by atoms with Gasteiger partial charge in [-0.15, -0.1) is 0 Å². The van der Waals surface area contributed by atoms with Crippen molar-refractivity contribution in [3.05, 3.63) is 0 Å². The van der Waals surface area contributed by atoms with Gasteiger partial charge >= 0.3 is 0 Å². The fourth-order valence-corrected chi connectivity index (χ4v) is 1.31. The third-order valence-corrected chi connectivity index (χ3v) is 2.11. The van der Waals surface area contributed by atoms with Crippen LogP contribution in [0, 0.1) is 0 Å². The molecule has 2 rings (SSSR count). The fraction of sp³-hybridized carbons (Fsp3) is 1.00. The molecule has 0 aromatic rings. The quantitative estimate of drug-likeness (QED) is 0.450. The van der Waals surface area contributed by atoms with Crippen LogP contribution in [0.15, 0.2) is 0 Å². The highest BCUT2D eigenvalue weighted by Crippen LogP contribution is 2.28. The molecular weight excluding hydrogens is 116 g/mol. The van der Waals surface area contributed by atoms with Crippen molar-refractivity contribution in [2.45, 2.75) is 12.3 Å². The molecule has 2 aliphatic heterocycles. The van der Waals surface area contributed by atoms with Crippen LogP contribution in [0.3, 0.4) is 0 Å². The third kappa shape index (κ3) is 0.764. The first-order valence-corrected chi connectivity index (χ1v) is 3.44. The second-order valence-corrected chi connectivity index (χ2v) is 2.77. The summed E-state index contributed by atoms with van der Waals surface area (Å²) in [6.45, 7) is 3.13. The van der Waals surface area contributed by atoms with Gasteiger partial charge in [0.05, 0.1) is 0 Å². The Morgan fingerprint density at radius 2 is 2.44 bits per heavy atom. The molecule has 0 aromatic carbocycles. The van der Waals surface area contributed by atoms with Crippen molar-refractivity contribution in [3.8, 4) is 0 Å². The highest BCUT2D eigenvalue weighted by Gasteiger charge is 2.49. The molecule has 2 fully saturated rings. The minimum atomic E-state index is -0.0295. The summed E-state index contributed by atoms with van der Waals surface area (Å²) in [6.07, 6.45) is 1.24. The molecule has 2 aliphatic rings. The summed E-state index contributed by atoms with van der Waals surface area (Å²) in [5.74, 6) is -0.0295. The summed E-state index contributed by atoms with van der Waals surface area (Å²) < 4.78 is 5.26. The van der Waals surface area contributed by atoms with Gasteiger partial charge in [0.25, 0.3) is 0 Å². The molecule has 0 radical (unpaired) electrons. The van der Waals surface area contributed by atoms with Crippen LogP contribution in [0.2, 0.25) is 0 Å². The van der Waals surface area contributed by atoms with Crippen molar-refractivity contribution in [1.29, 1.82) is 0 Å². The van der Waals surface area contributed by atoms with E-state index in [9.17, 15) is 0 Å². The maximum atomic E-state index is 5.26. The first kappa shape index (κ1) is 5.65. The van der Waals surface area contributed by atoms with Crippen molar-refractivity contribution in [2.75, 3.05) is 26.7 Å². The van der Waals surface area contributed by atoms with Gasteiger partial charge in [-0.25, -0.2) is 0 Å². The maximum Gasteiger partial charge on any atom is 0.201 e. The van der Waals surface area contributed by atoms with Crippen molar-refractivity contribution in [3.63, 3.8) is 0 Å². The molecule has 3 nitrogen and oxygen atoms in total. The zero-order valence-corrected chi connectivity index (χ0v) is 5.68. The Morgan fingerprint density at radius 3 is 2.89 bits per heavy atom. The lowest BCUT2D eigenvalue weighted by Gasteiger charge is -2.30. The Bertz CT molecular complexity index is 122. The number of hydrogen-bond acceptors (Lipinski definition) is 3. The normalized spacial score (nSPS) is 43.7. The molecule has 2 saturated heterocycles. The largest absolute Gasteiger partial charge is 0.339 e. The Morgan fingerprint density at radius 1 is 1.67 bits per heavy atom. The van der Waals surface area contributed by atoms with Crippen LogP contribution < -0.4 is 5.32 Å². The summed E-state index contributed by atoms with van der Waals surface area (Å²) in [7, 11) is 2.10. The predicted molar refractivity (Wildman–Crippen MR) is 33.9 cm³/mol. The number of nitrogens with zero attached hydrogens (tertiary/aromatic N) is 1. The van der Waals surface area contributed by atoms with Gasteiger partial charge in [0, 0.05) is 13.1 Å². The van der Waals surface area contributed by atoms with Crippen molar-refractivity contribution >= 4 is 0 Å².